The average molecular weight is 480 g/mol. The van der Waals surface area contributed by atoms with Crippen molar-refractivity contribution in [3.63, 3.8) is 0 Å². The third kappa shape index (κ3) is 13.5. The molecule has 5 nitrogen and oxygen atoms in total. The largest absolute Gasteiger partial charge is 0.415 e. The van der Waals surface area contributed by atoms with Crippen LogP contribution in [0.1, 0.15) is 99.8 Å². The first-order valence-corrected chi connectivity index (χ1v) is 16.2. The Balaban J connectivity index is 5.17. The van der Waals surface area contributed by atoms with Gasteiger partial charge in [0.1, 0.15) is 6.79 Å². The normalized spacial score (nSPS) is 16.3. The van der Waals surface area contributed by atoms with Gasteiger partial charge in [-0.15, -0.1) is 0 Å². The third-order valence-corrected chi connectivity index (χ3v) is 12.3. The van der Waals surface area contributed by atoms with Crippen LogP contribution < -0.4 is 4.72 Å². The van der Waals surface area contributed by atoms with E-state index in [1.165, 1.54) is 38.5 Å². The van der Waals surface area contributed by atoms with Crippen LogP contribution >= 0.6 is 0 Å². The fourth-order valence-corrected chi connectivity index (χ4v) is 4.78. The van der Waals surface area contributed by atoms with E-state index in [0.29, 0.717) is 6.61 Å². The number of nitrogens with one attached hydrogen (secondary N) is 1. The van der Waals surface area contributed by atoms with Crippen LogP contribution in [0.5, 0.6) is 0 Å². The number of methoxy groups -OCH3 is 1. The summed E-state index contributed by atoms with van der Waals surface area (Å²) in [7, 11) is -1.47. The van der Waals surface area contributed by atoms with Crippen LogP contribution in [0.2, 0.25) is 18.1 Å². The molecule has 0 heterocycles. The molecule has 0 aliphatic rings. The molecular formula is C24H53NO4SSi. The molecule has 0 aromatic heterocycles. The van der Waals surface area contributed by atoms with E-state index < -0.39 is 19.3 Å². The van der Waals surface area contributed by atoms with Crippen LogP contribution in [0.4, 0.5) is 0 Å². The summed E-state index contributed by atoms with van der Waals surface area (Å²) >= 11 is 0. The van der Waals surface area contributed by atoms with Crippen molar-refractivity contribution in [2.24, 2.45) is 0 Å². The molecule has 7 heteroatoms. The van der Waals surface area contributed by atoms with Crippen molar-refractivity contribution < 1.29 is 18.1 Å². The van der Waals surface area contributed by atoms with Crippen molar-refractivity contribution in [3.05, 3.63) is 0 Å². The fourth-order valence-electron chi connectivity index (χ4n) is 2.90. The Morgan fingerprint density at radius 1 is 0.935 bits per heavy atom. The van der Waals surface area contributed by atoms with Crippen molar-refractivity contribution in [2.45, 2.75) is 135 Å². The van der Waals surface area contributed by atoms with Crippen LogP contribution in [0, 0.1) is 0 Å². The quantitative estimate of drug-likeness (QED) is 0.146. The van der Waals surface area contributed by atoms with E-state index in [4.69, 9.17) is 13.9 Å². The van der Waals surface area contributed by atoms with Gasteiger partial charge in [0.25, 0.3) is 0 Å². The maximum absolute atomic E-state index is 12.9. The molecule has 31 heavy (non-hydrogen) atoms. The van der Waals surface area contributed by atoms with E-state index in [1.54, 1.807) is 7.11 Å². The van der Waals surface area contributed by atoms with Crippen LogP contribution in [0.3, 0.4) is 0 Å². The molecule has 1 unspecified atom stereocenters. The first kappa shape index (κ1) is 31.2. The zero-order valence-corrected chi connectivity index (χ0v) is 24.1. The lowest BCUT2D eigenvalue weighted by Crippen LogP contribution is -2.52. The Kier molecular flexibility index (Phi) is 15.3. The van der Waals surface area contributed by atoms with Gasteiger partial charge in [0.15, 0.2) is 8.32 Å². The lowest BCUT2D eigenvalue weighted by atomic mass is 10.0. The molecule has 0 bridgehead atoms. The highest BCUT2D eigenvalue weighted by Crippen LogP contribution is 2.36. The van der Waals surface area contributed by atoms with Crippen LogP contribution in [-0.4, -0.2) is 49.9 Å². The van der Waals surface area contributed by atoms with Crippen LogP contribution in [0.25, 0.3) is 0 Å². The van der Waals surface area contributed by atoms with Gasteiger partial charge in [-0.05, 0) is 45.3 Å². The maximum Gasteiger partial charge on any atom is 0.192 e. The molecule has 188 valence electrons. The highest BCUT2D eigenvalue weighted by Gasteiger charge is 2.39. The first-order valence-electron chi connectivity index (χ1n) is 12.2. The Morgan fingerprint density at radius 3 is 1.97 bits per heavy atom. The van der Waals surface area contributed by atoms with Gasteiger partial charge in [0.05, 0.1) is 34.5 Å². The van der Waals surface area contributed by atoms with Crippen molar-refractivity contribution >= 4 is 19.3 Å². The van der Waals surface area contributed by atoms with E-state index in [9.17, 15) is 4.21 Å². The van der Waals surface area contributed by atoms with Gasteiger partial charge in [-0.25, -0.2) is 8.93 Å². The summed E-state index contributed by atoms with van der Waals surface area (Å²) in [5.74, 6) is 0. The Labute approximate surface area is 197 Å². The smallest absolute Gasteiger partial charge is 0.192 e. The number of rotatable bonds is 17. The van der Waals surface area contributed by atoms with E-state index in [-0.39, 0.29) is 28.7 Å². The van der Waals surface area contributed by atoms with Gasteiger partial charge in [0.2, 0.25) is 0 Å². The highest BCUT2D eigenvalue weighted by atomic mass is 32.2. The minimum absolute atomic E-state index is 0.0911. The highest BCUT2D eigenvalue weighted by molar-refractivity contribution is 7.84. The summed E-state index contributed by atoms with van der Waals surface area (Å²) < 4.78 is 33.7. The Bertz CT molecular complexity index is 489. The van der Waals surface area contributed by atoms with Crippen molar-refractivity contribution in [3.8, 4) is 0 Å². The third-order valence-electron chi connectivity index (χ3n) is 6.19. The van der Waals surface area contributed by atoms with Gasteiger partial charge in [0, 0.05) is 7.11 Å². The monoisotopic (exact) mass is 479 g/mol. The molecule has 0 fully saturated rings. The average Bonchev–Trinajstić information content (AvgIpc) is 2.65. The molecular weight excluding hydrogens is 426 g/mol. The van der Waals surface area contributed by atoms with Crippen molar-refractivity contribution in [1.29, 1.82) is 0 Å². The van der Waals surface area contributed by atoms with Gasteiger partial charge < -0.3 is 13.9 Å². The molecule has 0 aliphatic heterocycles. The van der Waals surface area contributed by atoms with E-state index in [2.05, 4.69) is 45.5 Å². The second kappa shape index (κ2) is 15.2. The molecule has 0 aliphatic carbocycles. The molecule has 1 N–H and O–H groups in total. The second-order valence-corrected chi connectivity index (χ2v) is 18.0. The standard InChI is InChI=1S/C24H53NO4SSi/c1-11-12-13-14-15-16-17-18-22(28-20-27-8)21(25-30(26)23(2,3)4)19-29-31(9,10)24(5,6)7/h21-22,25H,11-20H2,1-10H3/t21-,22+,30?/m0/s1. The minimum atomic E-state index is -1.92. The SMILES string of the molecule is CCCCCCCCC[C@@H](OCOC)[C@H](CO[Si](C)(C)C(C)(C)C)NS(=O)C(C)(C)C. The van der Waals surface area contributed by atoms with Gasteiger partial charge in [-0.1, -0.05) is 72.6 Å². The number of hydrogen-bond donors (Lipinski definition) is 1. The first-order chi connectivity index (χ1) is 14.3. The predicted octanol–water partition coefficient (Wildman–Crippen LogP) is 6.56. The predicted molar refractivity (Wildman–Crippen MR) is 137 cm³/mol. The summed E-state index contributed by atoms with van der Waals surface area (Å²) in [4.78, 5) is 0. The van der Waals surface area contributed by atoms with Crippen LogP contribution in [0.15, 0.2) is 0 Å². The van der Waals surface area contributed by atoms with Crippen molar-refractivity contribution in [2.75, 3.05) is 20.5 Å². The summed E-state index contributed by atoms with van der Waals surface area (Å²) in [6.07, 6.45) is 9.63. The maximum atomic E-state index is 12.9. The summed E-state index contributed by atoms with van der Waals surface area (Å²) in [5.41, 5.74) is 0. The molecule has 0 radical (unpaired) electrons. The molecule has 0 saturated carbocycles. The fraction of sp³-hybridized carbons (Fsp3) is 1.00. The molecule has 3 atom stereocenters. The Hall–Kier alpha value is 0.207. The number of ether oxygens (including phenoxy) is 2. The van der Waals surface area contributed by atoms with Crippen molar-refractivity contribution in [1.82, 2.24) is 4.72 Å². The van der Waals surface area contributed by atoms with E-state index >= 15 is 0 Å². The summed E-state index contributed by atoms with van der Waals surface area (Å²) in [6, 6.07) is -0.135. The van der Waals surface area contributed by atoms with Gasteiger partial charge in [-0.2, -0.15) is 0 Å². The lowest BCUT2D eigenvalue weighted by molar-refractivity contribution is -0.0881. The summed E-state index contributed by atoms with van der Waals surface area (Å²) in [5, 5.41) is 0.127. The van der Waals surface area contributed by atoms with Gasteiger partial charge >= 0.3 is 0 Å². The number of hydrogen-bond acceptors (Lipinski definition) is 4. The van der Waals surface area contributed by atoms with Gasteiger partial charge in [-0.3, -0.25) is 0 Å². The summed E-state index contributed by atoms with van der Waals surface area (Å²) in [6.45, 7) is 20.2. The molecule has 0 aromatic carbocycles. The topological polar surface area (TPSA) is 56.8 Å². The molecule has 0 aromatic rings. The van der Waals surface area contributed by atoms with E-state index in [0.717, 1.165) is 12.8 Å². The molecule has 0 amide bonds. The molecule has 0 saturated heterocycles. The minimum Gasteiger partial charge on any atom is -0.415 e. The Morgan fingerprint density at radius 2 is 1.48 bits per heavy atom. The molecule has 0 rings (SSSR count). The zero-order valence-electron chi connectivity index (χ0n) is 22.3. The molecule has 0 spiro atoms. The second-order valence-electron chi connectivity index (χ2n) is 11.2. The lowest BCUT2D eigenvalue weighted by Gasteiger charge is -2.39. The van der Waals surface area contributed by atoms with Crippen LogP contribution in [-0.2, 0) is 24.9 Å². The number of unbranched alkanes of at least 4 members (excludes halogenated alkanes) is 6. The van der Waals surface area contributed by atoms with E-state index in [1.807, 2.05) is 20.8 Å². The zero-order chi connectivity index (χ0) is 24.1.